The number of aliphatic hydroxyl groups is 1. The molecule has 0 aromatic carbocycles. The lowest BCUT2D eigenvalue weighted by molar-refractivity contribution is -0.156. The third-order valence-corrected chi connectivity index (χ3v) is 2.12. The molecule has 94 valence electrons. The van der Waals surface area contributed by atoms with Gasteiger partial charge in [-0.15, -0.1) is 0 Å². The first kappa shape index (κ1) is 13.4. The molecule has 2 N–H and O–H groups in total. The monoisotopic (exact) mass is 249 g/mol. The van der Waals surface area contributed by atoms with Crippen molar-refractivity contribution in [3.63, 3.8) is 0 Å². The van der Waals surface area contributed by atoms with Gasteiger partial charge in [-0.25, -0.2) is 4.79 Å². The predicted octanol–water partition coefficient (Wildman–Crippen LogP) is 1.48. The molecule has 0 aliphatic heterocycles. The Hall–Kier alpha value is -1.63. The molecule has 1 aromatic rings. The first-order valence-corrected chi connectivity index (χ1v) is 4.61. The van der Waals surface area contributed by atoms with E-state index >= 15 is 0 Å². The fourth-order valence-electron chi connectivity index (χ4n) is 1.17. The van der Waals surface area contributed by atoms with Gasteiger partial charge in [0.15, 0.2) is 5.60 Å². The maximum Gasteiger partial charge on any atom is 0.433 e. The number of halogens is 3. The van der Waals surface area contributed by atoms with Crippen molar-refractivity contribution in [1.29, 1.82) is 0 Å². The summed E-state index contributed by atoms with van der Waals surface area (Å²) in [4.78, 5) is 13.8. The van der Waals surface area contributed by atoms with Crippen molar-refractivity contribution in [1.82, 2.24) is 4.98 Å². The van der Waals surface area contributed by atoms with Crippen molar-refractivity contribution in [2.45, 2.75) is 25.1 Å². The van der Waals surface area contributed by atoms with Crippen LogP contribution in [-0.2, 0) is 17.4 Å². The highest BCUT2D eigenvalue weighted by Crippen LogP contribution is 2.27. The highest BCUT2D eigenvalue weighted by atomic mass is 19.4. The Morgan fingerprint density at radius 3 is 2.35 bits per heavy atom. The number of carbonyl (C=O) groups is 1. The summed E-state index contributed by atoms with van der Waals surface area (Å²) in [5, 5.41) is 18.1. The Morgan fingerprint density at radius 2 is 2.00 bits per heavy atom. The minimum atomic E-state index is -4.53. The zero-order valence-corrected chi connectivity index (χ0v) is 8.82. The zero-order valence-electron chi connectivity index (χ0n) is 8.82. The van der Waals surface area contributed by atoms with Crippen LogP contribution in [0.2, 0.25) is 0 Å². The van der Waals surface area contributed by atoms with Crippen molar-refractivity contribution in [2.24, 2.45) is 0 Å². The maximum absolute atomic E-state index is 12.2. The fraction of sp³-hybridized carbons (Fsp3) is 0.400. The molecular formula is C10H10F3NO3. The lowest BCUT2D eigenvalue weighted by atomic mass is 9.98. The zero-order chi connectivity index (χ0) is 13.3. The highest BCUT2D eigenvalue weighted by Gasteiger charge is 2.33. The third-order valence-electron chi connectivity index (χ3n) is 2.12. The third kappa shape index (κ3) is 3.42. The van der Waals surface area contributed by atoms with Gasteiger partial charge in [0.2, 0.25) is 0 Å². The molecule has 0 fully saturated rings. The quantitative estimate of drug-likeness (QED) is 0.851. The lowest BCUT2D eigenvalue weighted by Crippen LogP contribution is -2.37. The average molecular weight is 249 g/mol. The molecule has 0 saturated heterocycles. The molecule has 0 bridgehead atoms. The van der Waals surface area contributed by atoms with Crippen molar-refractivity contribution in [2.75, 3.05) is 0 Å². The smallest absolute Gasteiger partial charge is 0.433 e. The van der Waals surface area contributed by atoms with Crippen molar-refractivity contribution in [3.05, 3.63) is 29.6 Å². The molecule has 0 amide bonds. The molecule has 4 nitrogen and oxygen atoms in total. The fourth-order valence-corrected chi connectivity index (χ4v) is 1.17. The van der Waals surface area contributed by atoms with Gasteiger partial charge >= 0.3 is 12.1 Å². The van der Waals surface area contributed by atoms with Gasteiger partial charge in [-0.1, -0.05) is 6.07 Å². The van der Waals surface area contributed by atoms with Crippen LogP contribution in [-0.4, -0.2) is 26.8 Å². The van der Waals surface area contributed by atoms with E-state index < -0.39 is 23.4 Å². The second-order valence-corrected chi connectivity index (χ2v) is 3.81. The average Bonchev–Trinajstić information content (AvgIpc) is 2.16. The summed E-state index contributed by atoms with van der Waals surface area (Å²) < 4.78 is 36.5. The van der Waals surface area contributed by atoms with Gasteiger partial charge in [-0.3, -0.25) is 4.98 Å². The molecule has 1 atom stereocenters. The van der Waals surface area contributed by atoms with Gasteiger partial charge in [0.25, 0.3) is 0 Å². The normalized spacial score (nSPS) is 15.4. The first-order chi connectivity index (χ1) is 7.63. The summed E-state index contributed by atoms with van der Waals surface area (Å²) in [6.07, 6.45) is -3.94. The molecule has 7 heteroatoms. The maximum atomic E-state index is 12.2. The van der Waals surface area contributed by atoms with E-state index in [1.54, 1.807) is 0 Å². The van der Waals surface area contributed by atoms with E-state index in [-0.39, 0.29) is 12.0 Å². The second kappa shape index (κ2) is 4.33. The molecule has 0 aliphatic rings. The lowest BCUT2D eigenvalue weighted by Gasteiger charge is -2.17. The Labute approximate surface area is 94.7 Å². The summed E-state index contributed by atoms with van der Waals surface area (Å²) in [6, 6.07) is 1.83. The van der Waals surface area contributed by atoms with Gasteiger partial charge in [-0.05, 0) is 18.6 Å². The van der Waals surface area contributed by atoms with Crippen LogP contribution in [0.15, 0.2) is 18.3 Å². The van der Waals surface area contributed by atoms with Gasteiger partial charge in [-0.2, -0.15) is 13.2 Å². The van der Waals surface area contributed by atoms with Crippen molar-refractivity contribution in [3.8, 4) is 0 Å². The van der Waals surface area contributed by atoms with Crippen LogP contribution in [0.3, 0.4) is 0 Å². The van der Waals surface area contributed by atoms with Crippen LogP contribution in [0.5, 0.6) is 0 Å². The summed E-state index contributed by atoms with van der Waals surface area (Å²) in [6.45, 7) is 1.06. The molecule has 1 unspecified atom stereocenters. The highest BCUT2D eigenvalue weighted by molar-refractivity contribution is 5.76. The number of hydrogen-bond acceptors (Lipinski definition) is 3. The number of carboxylic acid groups (broad SMARTS) is 1. The minimum absolute atomic E-state index is 0.213. The van der Waals surface area contributed by atoms with Gasteiger partial charge in [0.1, 0.15) is 5.69 Å². The topological polar surface area (TPSA) is 70.4 Å². The Balaban J connectivity index is 2.86. The predicted molar refractivity (Wildman–Crippen MR) is 51.2 cm³/mol. The summed E-state index contributed by atoms with van der Waals surface area (Å²) in [5.74, 6) is -1.45. The molecule has 0 saturated carbocycles. The van der Waals surface area contributed by atoms with E-state index in [9.17, 15) is 23.1 Å². The molecule has 0 aliphatic carbocycles. The van der Waals surface area contributed by atoms with E-state index in [0.717, 1.165) is 25.3 Å². The summed E-state index contributed by atoms with van der Waals surface area (Å²) >= 11 is 0. The first-order valence-electron chi connectivity index (χ1n) is 4.61. The number of hydrogen-bond donors (Lipinski definition) is 2. The van der Waals surface area contributed by atoms with Crippen molar-refractivity contribution < 1.29 is 28.2 Å². The Morgan fingerprint density at radius 1 is 1.41 bits per heavy atom. The van der Waals surface area contributed by atoms with Crippen LogP contribution in [0.4, 0.5) is 13.2 Å². The van der Waals surface area contributed by atoms with Gasteiger partial charge in [0.05, 0.1) is 0 Å². The van der Waals surface area contributed by atoms with Crippen LogP contribution in [0.25, 0.3) is 0 Å². The molecule has 1 aromatic heterocycles. The number of aliphatic carboxylic acids is 1. The van der Waals surface area contributed by atoms with Crippen LogP contribution < -0.4 is 0 Å². The second-order valence-electron chi connectivity index (χ2n) is 3.81. The molecular weight excluding hydrogens is 239 g/mol. The molecule has 1 rings (SSSR count). The van der Waals surface area contributed by atoms with Crippen LogP contribution in [0.1, 0.15) is 18.2 Å². The molecule has 0 radical (unpaired) electrons. The van der Waals surface area contributed by atoms with Gasteiger partial charge < -0.3 is 10.2 Å². The molecule has 0 spiro atoms. The van der Waals surface area contributed by atoms with E-state index in [4.69, 9.17) is 5.11 Å². The number of aromatic nitrogens is 1. The number of rotatable bonds is 3. The minimum Gasteiger partial charge on any atom is -0.479 e. The number of pyridine rings is 1. The summed E-state index contributed by atoms with van der Waals surface area (Å²) in [7, 11) is 0. The van der Waals surface area contributed by atoms with E-state index in [2.05, 4.69) is 4.98 Å². The Bertz CT molecular complexity index is 412. The Kier molecular flexibility index (Phi) is 3.42. The summed E-state index contributed by atoms with van der Waals surface area (Å²) in [5.41, 5.74) is -2.87. The number of carboxylic acids is 1. The van der Waals surface area contributed by atoms with Crippen molar-refractivity contribution >= 4 is 5.97 Å². The van der Waals surface area contributed by atoms with E-state index in [1.807, 2.05) is 0 Å². The number of nitrogens with zero attached hydrogens (tertiary/aromatic N) is 1. The van der Waals surface area contributed by atoms with E-state index in [0.29, 0.717) is 0 Å². The van der Waals surface area contributed by atoms with Crippen LogP contribution in [0, 0.1) is 0 Å². The largest absolute Gasteiger partial charge is 0.479 e. The van der Waals surface area contributed by atoms with E-state index in [1.165, 1.54) is 0 Å². The molecule has 17 heavy (non-hydrogen) atoms. The van der Waals surface area contributed by atoms with Crippen LogP contribution >= 0.6 is 0 Å². The van der Waals surface area contributed by atoms with Gasteiger partial charge in [0, 0.05) is 12.6 Å². The molecule has 1 heterocycles. The standard InChI is InChI=1S/C10H10F3NO3/c1-9(17,8(15)16)4-6-2-3-7(14-5-6)10(11,12)13/h2-3,5,17H,4H2,1H3,(H,15,16). The number of alkyl halides is 3. The SMILES string of the molecule is CC(O)(Cc1ccc(C(F)(F)F)nc1)C(=O)O.